The van der Waals surface area contributed by atoms with E-state index in [1.54, 1.807) is 6.07 Å². The maximum atomic E-state index is 13.1. The fraction of sp³-hybridized carbons (Fsp3) is 0.200. The van der Waals surface area contributed by atoms with Gasteiger partial charge in [-0.1, -0.05) is 35.3 Å². The third-order valence-electron chi connectivity index (χ3n) is 2.86. The van der Waals surface area contributed by atoms with Crippen molar-refractivity contribution in [3.05, 3.63) is 63.6 Å². The van der Waals surface area contributed by atoms with Gasteiger partial charge in [0.25, 0.3) is 5.91 Å². The maximum Gasteiger partial charge on any atom is 0.254 e. The number of pyridine rings is 1. The molecule has 1 N–H and O–H groups in total. The molecular formula is C15H13Cl2FN2O. The van der Waals surface area contributed by atoms with Crippen molar-refractivity contribution in [2.45, 2.75) is 19.4 Å². The Morgan fingerprint density at radius 3 is 2.86 bits per heavy atom. The number of amides is 1. The molecule has 0 saturated heterocycles. The highest BCUT2D eigenvalue weighted by molar-refractivity contribution is 6.32. The molecule has 110 valence electrons. The lowest BCUT2D eigenvalue weighted by Gasteiger charge is -2.14. The van der Waals surface area contributed by atoms with Crippen molar-refractivity contribution < 1.29 is 9.18 Å². The molecule has 0 saturated carbocycles. The summed E-state index contributed by atoms with van der Waals surface area (Å²) in [5, 5.41) is 3.38. The Labute approximate surface area is 132 Å². The van der Waals surface area contributed by atoms with E-state index in [0.29, 0.717) is 11.4 Å². The number of carbonyl (C=O) groups is 1. The molecule has 2 rings (SSSR count). The van der Waals surface area contributed by atoms with Crippen LogP contribution in [0, 0.1) is 5.82 Å². The van der Waals surface area contributed by atoms with Gasteiger partial charge in [-0.15, -0.1) is 0 Å². The minimum atomic E-state index is -0.605. The molecule has 2 aromatic rings. The average Bonchev–Trinajstić information content (AvgIpc) is 2.41. The van der Waals surface area contributed by atoms with E-state index in [2.05, 4.69) is 10.3 Å². The first kappa shape index (κ1) is 15.7. The number of aromatic nitrogens is 1. The molecule has 6 heteroatoms. The Bertz CT molecular complexity index is 664. The smallest absolute Gasteiger partial charge is 0.254 e. The van der Waals surface area contributed by atoms with Gasteiger partial charge < -0.3 is 5.32 Å². The molecule has 1 unspecified atom stereocenters. The number of benzene rings is 1. The summed E-state index contributed by atoms with van der Waals surface area (Å²) >= 11 is 11.7. The van der Waals surface area contributed by atoms with Crippen molar-refractivity contribution in [2.75, 3.05) is 0 Å². The van der Waals surface area contributed by atoms with Gasteiger partial charge in [0.2, 0.25) is 0 Å². The Kier molecular flexibility index (Phi) is 5.15. The molecular weight excluding hydrogens is 314 g/mol. The van der Waals surface area contributed by atoms with Crippen molar-refractivity contribution in [3.63, 3.8) is 0 Å². The van der Waals surface area contributed by atoms with Gasteiger partial charge in [0.1, 0.15) is 11.0 Å². The molecule has 0 aliphatic carbocycles. The van der Waals surface area contributed by atoms with E-state index in [9.17, 15) is 9.18 Å². The molecule has 1 atom stereocenters. The van der Waals surface area contributed by atoms with E-state index < -0.39 is 11.7 Å². The van der Waals surface area contributed by atoms with E-state index in [4.69, 9.17) is 23.2 Å². The van der Waals surface area contributed by atoms with Gasteiger partial charge in [0, 0.05) is 11.1 Å². The molecule has 0 bridgehead atoms. The Morgan fingerprint density at radius 2 is 2.14 bits per heavy atom. The molecule has 0 aliphatic rings. The van der Waals surface area contributed by atoms with E-state index in [1.807, 2.05) is 25.1 Å². The van der Waals surface area contributed by atoms with Gasteiger partial charge in [-0.3, -0.25) is 4.79 Å². The zero-order chi connectivity index (χ0) is 15.4. The van der Waals surface area contributed by atoms with Gasteiger partial charge in [0.05, 0.1) is 11.8 Å². The number of carbonyl (C=O) groups excluding carboxylic acids is 1. The minimum absolute atomic E-state index is 0.0228. The minimum Gasteiger partial charge on any atom is -0.349 e. The van der Waals surface area contributed by atoms with Crippen LogP contribution < -0.4 is 5.32 Å². The summed E-state index contributed by atoms with van der Waals surface area (Å²) in [7, 11) is 0. The second-order valence-corrected chi connectivity index (χ2v) is 5.49. The summed E-state index contributed by atoms with van der Waals surface area (Å²) in [5.74, 6) is -1.06. The zero-order valence-electron chi connectivity index (χ0n) is 11.2. The van der Waals surface area contributed by atoms with Crippen LogP contribution >= 0.6 is 23.2 Å². The van der Waals surface area contributed by atoms with Gasteiger partial charge in [-0.05, 0) is 37.1 Å². The summed E-state index contributed by atoms with van der Waals surface area (Å²) in [6.45, 7) is 1.85. The summed E-state index contributed by atoms with van der Waals surface area (Å²) in [6, 6.07) is 8.30. The molecule has 1 heterocycles. The van der Waals surface area contributed by atoms with E-state index in [0.717, 1.165) is 17.8 Å². The topological polar surface area (TPSA) is 42.0 Å². The molecule has 0 spiro atoms. The third-order valence-corrected chi connectivity index (χ3v) is 3.40. The Hall–Kier alpha value is -1.65. The van der Waals surface area contributed by atoms with Crippen LogP contribution in [0.15, 0.2) is 36.5 Å². The van der Waals surface area contributed by atoms with Crippen LogP contribution in [0.2, 0.25) is 10.2 Å². The third kappa shape index (κ3) is 4.41. The lowest BCUT2D eigenvalue weighted by atomic mass is 10.1. The highest BCUT2D eigenvalue weighted by Gasteiger charge is 2.15. The molecule has 21 heavy (non-hydrogen) atoms. The Morgan fingerprint density at radius 1 is 1.38 bits per heavy atom. The summed E-state index contributed by atoms with van der Waals surface area (Å²) in [4.78, 5) is 15.7. The molecule has 1 aromatic heterocycles. The highest BCUT2D eigenvalue weighted by Crippen LogP contribution is 2.15. The summed E-state index contributed by atoms with van der Waals surface area (Å²) in [5.41, 5.74) is 1.02. The fourth-order valence-electron chi connectivity index (χ4n) is 1.95. The second-order valence-electron chi connectivity index (χ2n) is 4.70. The van der Waals surface area contributed by atoms with Crippen LogP contribution in [0.25, 0.3) is 0 Å². The molecule has 1 aromatic carbocycles. The zero-order valence-corrected chi connectivity index (χ0v) is 12.7. The molecule has 0 fully saturated rings. The highest BCUT2D eigenvalue weighted by atomic mass is 35.5. The quantitative estimate of drug-likeness (QED) is 0.866. The summed E-state index contributed by atoms with van der Waals surface area (Å²) < 4.78 is 13.1. The van der Waals surface area contributed by atoms with E-state index in [1.165, 1.54) is 0 Å². The first-order chi connectivity index (χ1) is 9.95. The van der Waals surface area contributed by atoms with Crippen molar-refractivity contribution in [1.29, 1.82) is 0 Å². The maximum absolute atomic E-state index is 13.1. The largest absolute Gasteiger partial charge is 0.349 e. The monoisotopic (exact) mass is 326 g/mol. The number of halogens is 3. The predicted molar refractivity (Wildman–Crippen MR) is 81.3 cm³/mol. The van der Waals surface area contributed by atoms with Crippen LogP contribution in [0.5, 0.6) is 0 Å². The van der Waals surface area contributed by atoms with Crippen LogP contribution in [0.4, 0.5) is 4.39 Å². The number of rotatable bonds is 4. The second kappa shape index (κ2) is 6.87. The molecule has 0 aliphatic heterocycles. The molecule has 1 amide bonds. The standard InChI is InChI=1S/C15H13Cl2FN2O/c1-9(5-10-3-2-4-11(16)6-10)20-15(21)13-7-12(18)8-19-14(13)17/h2-4,6-9H,5H2,1H3,(H,20,21). The summed E-state index contributed by atoms with van der Waals surface area (Å²) in [6.07, 6.45) is 1.57. The van der Waals surface area contributed by atoms with Gasteiger partial charge in [-0.25, -0.2) is 9.37 Å². The van der Waals surface area contributed by atoms with Gasteiger partial charge in [0.15, 0.2) is 0 Å². The SMILES string of the molecule is CC(Cc1cccc(Cl)c1)NC(=O)c1cc(F)cnc1Cl. The van der Waals surface area contributed by atoms with Gasteiger partial charge >= 0.3 is 0 Å². The molecule has 0 radical (unpaired) electrons. The van der Waals surface area contributed by atoms with Crippen LogP contribution in [0.1, 0.15) is 22.8 Å². The van der Waals surface area contributed by atoms with Crippen molar-refractivity contribution in [1.82, 2.24) is 10.3 Å². The van der Waals surface area contributed by atoms with E-state index in [-0.39, 0.29) is 16.8 Å². The number of hydrogen-bond donors (Lipinski definition) is 1. The van der Waals surface area contributed by atoms with Gasteiger partial charge in [-0.2, -0.15) is 0 Å². The normalized spacial score (nSPS) is 12.0. The lowest BCUT2D eigenvalue weighted by Crippen LogP contribution is -2.34. The van der Waals surface area contributed by atoms with Crippen LogP contribution in [-0.4, -0.2) is 16.9 Å². The number of nitrogens with one attached hydrogen (secondary N) is 1. The average molecular weight is 327 g/mol. The van der Waals surface area contributed by atoms with Crippen molar-refractivity contribution >= 4 is 29.1 Å². The van der Waals surface area contributed by atoms with E-state index >= 15 is 0 Å². The number of hydrogen-bond acceptors (Lipinski definition) is 2. The number of nitrogens with zero attached hydrogens (tertiary/aromatic N) is 1. The fourth-order valence-corrected chi connectivity index (χ4v) is 2.35. The Balaban J connectivity index is 2.03. The van der Waals surface area contributed by atoms with Crippen LogP contribution in [0.3, 0.4) is 0 Å². The van der Waals surface area contributed by atoms with Crippen molar-refractivity contribution in [2.24, 2.45) is 0 Å². The first-order valence-electron chi connectivity index (χ1n) is 6.32. The van der Waals surface area contributed by atoms with Crippen LogP contribution in [-0.2, 0) is 6.42 Å². The molecule has 3 nitrogen and oxygen atoms in total. The van der Waals surface area contributed by atoms with Crippen molar-refractivity contribution in [3.8, 4) is 0 Å². The first-order valence-corrected chi connectivity index (χ1v) is 7.07. The lowest BCUT2D eigenvalue weighted by molar-refractivity contribution is 0.0939. The predicted octanol–water partition coefficient (Wildman–Crippen LogP) is 3.89.